The maximum Gasteiger partial charge on any atom is 0.223 e. The van der Waals surface area contributed by atoms with Crippen molar-refractivity contribution in [2.75, 3.05) is 6.54 Å². The van der Waals surface area contributed by atoms with Gasteiger partial charge in [-0.1, -0.05) is 6.08 Å². The second-order valence-electron chi connectivity index (χ2n) is 7.20. The quantitative estimate of drug-likeness (QED) is 0.763. The monoisotopic (exact) mass is 250 g/mol. The van der Waals surface area contributed by atoms with Gasteiger partial charge >= 0.3 is 0 Å². The second kappa shape index (κ2) is 4.37. The number of likely N-dealkylation sites (tertiary alicyclic amines) is 1. The number of hydrogen-bond acceptors (Lipinski definition) is 2. The minimum atomic E-state index is 0.0962. The zero-order valence-electron chi connectivity index (χ0n) is 12.1. The average molecular weight is 250 g/mol. The predicted molar refractivity (Wildman–Crippen MR) is 74.3 cm³/mol. The Bertz CT molecular complexity index is 344. The van der Waals surface area contributed by atoms with Gasteiger partial charge in [0.2, 0.25) is 5.91 Å². The highest BCUT2D eigenvalue weighted by molar-refractivity contribution is 5.79. The first kappa shape index (κ1) is 13.6. The fourth-order valence-corrected chi connectivity index (χ4v) is 3.76. The first-order valence-corrected chi connectivity index (χ1v) is 6.94. The van der Waals surface area contributed by atoms with Gasteiger partial charge in [0.1, 0.15) is 0 Å². The maximum absolute atomic E-state index is 12.1. The third-order valence-electron chi connectivity index (χ3n) is 4.13. The lowest BCUT2D eigenvalue weighted by atomic mass is 9.79. The van der Waals surface area contributed by atoms with E-state index in [1.54, 1.807) is 0 Å². The summed E-state index contributed by atoms with van der Waals surface area (Å²) in [7, 11) is 0. The maximum atomic E-state index is 12.1. The minimum absolute atomic E-state index is 0.0962. The molecular formula is C15H26N2O. The van der Waals surface area contributed by atoms with Crippen molar-refractivity contribution in [2.45, 2.75) is 64.1 Å². The number of piperidine rings is 1. The standard InChI is InChI=1S/C15H26N2O/c1-6-11-7-13(18)17(10-11)12-8-14(2,3)16-15(4,5)9-12/h6,11-12,16H,1,7-10H2,2-5H3. The van der Waals surface area contributed by atoms with Crippen molar-refractivity contribution in [3.63, 3.8) is 0 Å². The van der Waals surface area contributed by atoms with E-state index >= 15 is 0 Å². The highest BCUT2D eigenvalue weighted by atomic mass is 16.2. The van der Waals surface area contributed by atoms with Gasteiger partial charge in [0.15, 0.2) is 0 Å². The van der Waals surface area contributed by atoms with Gasteiger partial charge in [-0.05, 0) is 40.5 Å². The molecule has 2 heterocycles. The molecule has 102 valence electrons. The normalized spacial score (nSPS) is 31.7. The lowest BCUT2D eigenvalue weighted by Crippen LogP contribution is -2.62. The van der Waals surface area contributed by atoms with Crippen LogP contribution in [0.4, 0.5) is 0 Å². The van der Waals surface area contributed by atoms with E-state index < -0.39 is 0 Å². The van der Waals surface area contributed by atoms with E-state index in [-0.39, 0.29) is 11.1 Å². The number of nitrogens with one attached hydrogen (secondary N) is 1. The number of hydrogen-bond donors (Lipinski definition) is 1. The predicted octanol–water partition coefficient (Wildman–Crippen LogP) is 2.33. The molecule has 0 aromatic carbocycles. The molecule has 0 bridgehead atoms. The summed E-state index contributed by atoms with van der Waals surface area (Å²) in [5.74, 6) is 0.650. The molecule has 3 heteroatoms. The lowest BCUT2D eigenvalue weighted by Gasteiger charge is -2.49. The molecule has 0 saturated carbocycles. The van der Waals surface area contributed by atoms with Crippen LogP contribution in [0.25, 0.3) is 0 Å². The lowest BCUT2D eigenvalue weighted by molar-refractivity contribution is -0.131. The molecule has 3 nitrogen and oxygen atoms in total. The van der Waals surface area contributed by atoms with Crippen LogP contribution in [0.2, 0.25) is 0 Å². The van der Waals surface area contributed by atoms with E-state index in [0.717, 1.165) is 19.4 Å². The fraction of sp³-hybridized carbons (Fsp3) is 0.800. The number of nitrogens with zero attached hydrogens (tertiary/aromatic N) is 1. The highest BCUT2D eigenvalue weighted by Gasteiger charge is 2.43. The molecule has 1 unspecified atom stereocenters. The van der Waals surface area contributed by atoms with Crippen LogP contribution in [0.3, 0.4) is 0 Å². The Kier molecular flexibility index (Phi) is 3.30. The van der Waals surface area contributed by atoms with Crippen molar-refractivity contribution in [1.29, 1.82) is 0 Å². The van der Waals surface area contributed by atoms with Gasteiger partial charge in [-0.25, -0.2) is 0 Å². The molecule has 1 atom stereocenters. The fourth-order valence-electron chi connectivity index (χ4n) is 3.76. The Morgan fingerprint density at radius 1 is 1.28 bits per heavy atom. The summed E-state index contributed by atoms with van der Waals surface area (Å²) in [6.07, 6.45) is 4.64. The summed E-state index contributed by atoms with van der Waals surface area (Å²) in [5, 5.41) is 3.67. The molecule has 0 radical (unpaired) electrons. The summed E-state index contributed by atoms with van der Waals surface area (Å²) < 4.78 is 0. The van der Waals surface area contributed by atoms with Crippen LogP contribution in [0.1, 0.15) is 47.0 Å². The summed E-state index contributed by atoms with van der Waals surface area (Å²) >= 11 is 0. The Morgan fingerprint density at radius 3 is 2.28 bits per heavy atom. The second-order valence-corrected chi connectivity index (χ2v) is 7.20. The van der Waals surface area contributed by atoms with Gasteiger partial charge in [0.05, 0.1) is 0 Å². The van der Waals surface area contributed by atoms with Crippen LogP contribution in [0, 0.1) is 5.92 Å². The molecule has 0 aromatic rings. The molecule has 18 heavy (non-hydrogen) atoms. The largest absolute Gasteiger partial charge is 0.339 e. The van der Waals surface area contributed by atoms with Crippen molar-refractivity contribution in [1.82, 2.24) is 10.2 Å². The molecule has 2 rings (SSSR count). The van der Waals surface area contributed by atoms with Crippen LogP contribution >= 0.6 is 0 Å². The number of carbonyl (C=O) groups is 1. The summed E-state index contributed by atoms with van der Waals surface area (Å²) in [4.78, 5) is 14.2. The topological polar surface area (TPSA) is 32.3 Å². The smallest absolute Gasteiger partial charge is 0.223 e. The molecular weight excluding hydrogens is 224 g/mol. The number of rotatable bonds is 2. The van der Waals surface area contributed by atoms with Crippen molar-refractivity contribution in [2.24, 2.45) is 5.92 Å². The summed E-state index contributed by atoms with van der Waals surface area (Å²) in [5.41, 5.74) is 0.192. The van der Waals surface area contributed by atoms with Gasteiger partial charge in [-0.3, -0.25) is 4.79 Å². The van der Waals surface area contributed by atoms with Crippen LogP contribution in [-0.2, 0) is 4.79 Å². The number of carbonyl (C=O) groups excluding carboxylic acids is 1. The molecule has 2 aliphatic rings. The van der Waals surface area contributed by atoms with Crippen molar-refractivity contribution in [3.8, 4) is 0 Å². The Hall–Kier alpha value is -0.830. The minimum Gasteiger partial charge on any atom is -0.339 e. The first-order valence-electron chi connectivity index (χ1n) is 6.94. The van der Waals surface area contributed by atoms with Crippen LogP contribution in [0.5, 0.6) is 0 Å². The SMILES string of the molecule is C=CC1CC(=O)N(C2CC(C)(C)NC(C)(C)C2)C1. The van der Waals surface area contributed by atoms with Crippen LogP contribution < -0.4 is 5.32 Å². The average Bonchev–Trinajstić information content (AvgIpc) is 2.55. The summed E-state index contributed by atoms with van der Waals surface area (Å²) in [6, 6.07) is 0.369. The molecule has 1 N–H and O–H groups in total. The third-order valence-corrected chi connectivity index (χ3v) is 4.13. The first-order chi connectivity index (χ1) is 8.22. The van der Waals surface area contributed by atoms with Gasteiger partial charge in [-0.2, -0.15) is 0 Å². The Balaban J connectivity index is 2.13. The van der Waals surface area contributed by atoms with Gasteiger partial charge in [0.25, 0.3) is 0 Å². The van der Waals surface area contributed by atoms with Gasteiger partial charge < -0.3 is 10.2 Å². The van der Waals surface area contributed by atoms with Crippen molar-refractivity contribution < 1.29 is 4.79 Å². The Morgan fingerprint density at radius 2 is 1.83 bits per heavy atom. The zero-order valence-corrected chi connectivity index (χ0v) is 12.1. The molecule has 1 amide bonds. The molecule has 2 aliphatic heterocycles. The molecule has 2 saturated heterocycles. The molecule has 0 aliphatic carbocycles. The Labute approximate surface area is 111 Å². The van der Waals surface area contributed by atoms with E-state index in [0.29, 0.717) is 24.3 Å². The molecule has 0 aromatic heterocycles. The summed E-state index contributed by atoms with van der Waals surface area (Å²) in [6.45, 7) is 13.6. The van der Waals surface area contributed by atoms with E-state index in [4.69, 9.17) is 0 Å². The van der Waals surface area contributed by atoms with Crippen LogP contribution in [-0.4, -0.2) is 34.5 Å². The molecule has 2 fully saturated rings. The van der Waals surface area contributed by atoms with Gasteiger partial charge in [0, 0.05) is 36.0 Å². The highest BCUT2D eigenvalue weighted by Crippen LogP contribution is 2.34. The van der Waals surface area contributed by atoms with Gasteiger partial charge in [-0.15, -0.1) is 6.58 Å². The number of amides is 1. The van der Waals surface area contributed by atoms with E-state index in [1.165, 1.54) is 0 Å². The zero-order chi connectivity index (χ0) is 13.6. The third kappa shape index (κ3) is 2.77. The van der Waals surface area contributed by atoms with Crippen LogP contribution in [0.15, 0.2) is 12.7 Å². The van der Waals surface area contributed by atoms with Crippen molar-refractivity contribution >= 4 is 5.91 Å². The van der Waals surface area contributed by atoms with E-state index in [9.17, 15) is 4.79 Å². The van der Waals surface area contributed by atoms with E-state index in [2.05, 4.69) is 44.5 Å². The van der Waals surface area contributed by atoms with Crippen molar-refractivity contribution in [3.05, 3.63) is 12.7 Å². The van der Waals surface area contributed by atoms with E-state index in [1.807, 2.05) is 6.08 Å². The molecule has 0 spiro atoms.